The van der Waals surface area contributed by atoms with Crippen LogP contribution in [0.4, 0.5) is 11.4 Å². The average Bonchev–Trinajstić information content (AvgIpc) is 2.73. The lowest BCUT2D eigenvalue weighted by atomic mass is 10.1. The van der Waals surface area contributed by atoms with Gasteiger partial charge in [-0.2, -0.15) is 5.26 Å². The SMILES string of the molecule is N#Cc1cc(N)ccc1NCc1sccc1Br. The highest BCUT2D eigenvalue weighted by molar-refractivity contribution is 9.10. The molecule has 1 aromatic carbocycles. The lowest BCUT2D eigenvalue weighted by molar-refractivity contribution is 1.18. The van der Waals surface area contributed by atoms with Crippen molar-refractivity contribution in [3.8, 4) is 6.07 Å². The van der Waals surface area contributed by atoms with E-state index in [2.05, 4.69) is 27.3 Å². The smallest absolute Gasteiger partial charge is 0.101 e. The van der Waals surface area contributed by atoms with Crippen molar-refractivity contribution in [1.29, 1.82) is 5.26 Å². The minimum absolute atomic E-state index is 0.567. The van der Waals surface area contributed by atoms with Crippen LogP contribution in [0.25, 0.3) is 0 Å². The summed E-state index contributed by atoms with van der Waals surface area (Å²) in [4.78, 5) is 1.20. The summed E-state index contributed by atoms with van der Waals surface area (Å²) in [7, 11) is 0. The minimum atomic E-state index is 0.567. The number of halogens is 1. The van der Waals surface area contributed by atoms with Gasteiger partial charge in [-0.15, -0.1) is 11.3 Å². The number of nitrogens with one attached hydrogen (secondary N) is 1. The van der Waals surface area contributed by atoms with Crippen LogP contribution in [0.15, 0.2) is 34.1 Å². The van der Waals surface area contributed by atoms with E-state index >= 15 is 0 Å². The fourth-order valence-corrected chi connectivity index (χ4v) is 2.87. The van der Waals surface area contributed by atoms with Gasteiger partial charge in [0.25, 0.3) is 0 Å². The van der Waals surface area contributed by atoms with Crippen LogP contribution in [0.5, 0.6) is 0 Å². The third-order valence-corrected chi connectivity index (χ3v) is 4.22. The lowest BCUT2D eigenvalue weighted by Gasteiger charge is -2.08. The van der Waals surface area contributed by atoms with Crippen molar-refractivity contribution in [3.63, 3.8) is 0 Å². The number of nitrogen functional groups attached to an aromatic ring is 1. The first-order valence-electron chi connectivity index (χ1n) is 4.96. The molecule has 0 saturated heterocycles. The van der Waals surface area contributed by atoms with Crippen molar-refractivity contribution < 1.29 is 0 Å². The van der Waals surface area contributed by atoms with Gasteiger partial charge >= 0.3 is 0 Å². The molecule has 0 fully saturated rings. The Kier molecular flexibility index (Phi) is 3.67. The third-order valence-electron chi connectivity index (χ3n) is 2.29. The van der Waals surface area contributed by atoms with Crippen LogP contribution >= 0.6 is 27.3 Å². The molecule has 0 aliphatic heterocycles. The Morgan fingerprint density at radius 2 is 2.24 bits per heavy atom. The maximum atomic E-state index is 9.00. The quantitative estimate of drug-likeness (QED) is 0.852. The van der Waals surface area contributed by atoms with Gasteiger partial charge in [0.2, 0.25) is 0 Å². The van der Waals surface area contributed by atoms with Crippen molar-refractivity contribution in [1.82, 2.24) is 0 Å². The Hall–Kier alpha value is -1.51. The molecule has 86 valence electrons. The van der Waals surface area contributed by atoms with Gasteiger partial charge in [0.1, 0.15) is 6.07 Å². The molecule has 0 spiro atoms. The van der Waals surface area contributed by atoms with Gasteiger partial charge in [-0.05, 0) is 45.6 Å². The maximum absolute atomic E-state index is 9.00. The number of nitriles is 1. The van der Waals surface area contributed by atoms with E-state index in [4.69, 9.17) is 11.0 Å². The molecule has 3 N–H and O–H groups in total. The molecule has 1 heterocycles. The predicted octanol–water partition coefficient (Wildman–Crippen LogP) is 3.58. The molecule has 17 heavy (non-hydrogen) atoms. The second-order valence-corrected chi connectivity index (χ2v) is 5.32. The number of thiophene rings is 1. The molecule has 0 aliphatic carbocycles. The number of rotatable bonds is 3. The second kappa shape index (κ2) is 5.21. The fourth-order valence-electron chi connectivity index (χ4n) is 1.44. The Labute approximate surface area is 112 Å². The van der Waals surface area contributed by atoms with Crippen molar-refractivity contribution in [3.05, 3.63) is 44.6 Å². The van der Waals surface area contributed by atoms with Gasteiger partial charge in [0.05, 0.1) is 17.8 Å². The Balaban J connectivity index is 2.15. The standard InChI is InChI=1S/C12H10BrN3S/c13-10-3-4-17-12(10)7-16-11-2-1-9(15)5-8(11)6-14/h1-5,16H,7,15H2. The van der Waals surface area contributed by atoms with Crippen molar-refractivity contribution in [2.45, 2.75) is 6.54 Å². The maximum Gasteiger partial charge on any atom is 0.101 e. The summed E-state index contributed by atoms with van der Waals surface area (Å²) in [6.45, 7) is 0.691. The second-order valence-electron chi connectivity index (χ2n) is 3.46. The Morgan fingerprint density at radius 1 is 1.41 bits per heavy atom. The summed E-state index contributed by atoms with van der Waals surface area (Å²) in [5.41, 5.74) is 7.61. The van der Waals surface area contributed by atoms with Crippen LogP contribution in [-0.4, -0.2) is 0 Å². The molecule has 0 saturated carbocycles. The van der Waals surface area contributed by atoms with Gasteiger partial charge in [-0.1, -0.05) is 0 Å². The highest BCUT2D eigenvalue weighted by Gasteiger charge is 2.04. The molecule has 0 aliphatic rings. The van der Waals surface area contributed by atoms with Crippen molar-refractivity contribution in [2.24, 2.45) is 0 Å². The molecule has 5 heteroatoms. The molecule has 0 bridgehead atoms. The van der Waals surface area contributed by atoms with Gasteiger partial charge in [0, 0.05) is 15.0 Å². The Bertz CT molecular complexity index is 571. The summed E-state index contributed by atoms with van der Waals surface area (Å²) in [6.07, 6.45) is 0. The molecule has 3 nitrogen and oxygen atoms in total. The van der Waals surface area contributed by atoms with E-state index in [0.717, 1.165) is 10.2 Å². The normalized spacial score (nSPS) is 9.88. The number of benzene rings is 1. The van der Waals surface area contributed by atoms with Crippen LogP contribution in [0, 0.1) is 11.3 Å². The van der Waals surface area contributed by atoms with Crippen LogP contribution in [0.2, 0.25) is 0 Å². The van der Waals surface area contributed by atoms with Gasteiger partial charge in [0.15, 0.2) is 0 Å². The highest BCUT2D eigenvalue weighted by Crippen LogP contribution is 2.25. The van der Waals surface area contributed by atoms with E-state index in [9.17, 15) is 0 Å². The Morgan fingerprint density at radius 3 is 2.88 bits per heavy atom. The summed E-state index contributed by atoms with van der Waals surface area (Å²) in [5, 5.41) is 14.3. The lowest BCUT2D eigenvalue weighted by Crippen LogP contribution is -2.00. The number of anilines is 2. The number of hydrogen-bond acceptors (Lipinski definition) is 4. The first-order valence-corrected chi connectivity index (χ1v) is 6.63. The van der Waals surface area contributed by atoms with E-state index in [1.807, 2.05) is 17.5 Å². The van der Waals surface area contributed by atoms with E-state index in [0.29, 0.717) is 17.8 Å². The monoisotopic (exact) mass is 307 g/mol. The first kappa shape index (κ1) is 12.0. The molecular weight excluding hydrogens is 298 g/mol. The van der Waals surface area contributed by atoms with E-state index in [1.54, 1.807) is 23.5 Å². The molecule has 0 unspecified atom stereocenters. The number of hydrogen-bond donors (Lipinski definition) is 2. The van der Waals surface area contributed by atoms with Crippen LogP contribution in [0.3, 0.4) is 0 Å². The summed E-state index contributed by atoms with van der Waals surface area (Å²) in [5.74, 6) is 0. The summed E-state index contributed by atoms with van der Waals surface area (Å²) in [6, 6.07) is 9.43. The molecular formula is C12H10BrN3S. The molecule has 0 radical (unpaired) electrons. The zero-order valence-corrected chi connectivity index (χ0v) is 11.3. The van der Waals surface area contributed by atoms with Crippen LogP contribution < -0.4 is 11.1 Å². The zero-order chi connectivity index (χ0) is 12.3. The minimum Gasteiger partial charge on any atom is -0.399 e. The first-order chi connectivity index (χ1) is 8.20. The van der Waals surface area contributed by atoms with Gasteiger partial charge < -0.3 is 11.1 Å². The summed E-state index contributed by atoms with van der Waals surface area (Å²) < 4.78 is 1.09. The molecule has 1 aromatic heterocycles. The van der Waals surface area contributed by atoms with Gasteiger partial charge in [-0.25, -0.2) is 0 Å². The van der Waals surface area contributed by atoms with E-state index in [1.165, 1.54) is 4.88 Å². The topological polar surface area (TPSA) is 61.8 Å². The molecule has 0 amide bonds. The van der Waals surface area contributed by atoms with E-state index < -0.39 is 0 Å². The predicted molar refractivity (Wildman–Crippen MR) is 74.9 cm³/mol. The zero-order valence-electron chi connectivity index (χ0n) is 8.90. The molecule has 2 rings (SSSR count). The van der Waals surface area contributed by atoms with Crippen molar-refractivity contribution in [2.75, 3.05) is 11.1 Å². The van der Waals surface area contributed by atoms with Crippen LogP contribution in [0.1, 0.15) is 10.4 Å². The molecule has 2 aromatic rings. The third kappa shape index (κ3) is 2.78. The average molecular weight is 308 g/mol. The number of nitrogens with two attached hydrogens (primary N) is 1. The largest absolute Gasteiger partial charge is 0.399 e. The fraction of sp³-hybridized carbons (Fsp3) is 0.0833. The number of nitrogens with zero attached hydrogens (tertiary/aromatic N) is 1. The van der Waals surface area contributed by atoms with Crippen LogP contribution in [-0.2, 0) is 6.54 Å². The van der Waals surface area contributed by atoms with Crippen molar-refractivity contribution >= 4 is 38.6 Å². The van der Waals surface area contributed by atoms with E-state index in [-0.39, 0.29) is 0 Å². The molecule has 0 atom stereocenters. The summed E-state index contributed by atoms with van der Waals surface area (Å²) >= 11 is 5.14. The highest BCUT2D eigenvalue weighted by atomic mass is 79.9. The van der Waals surface area contributed by atoms with Gasteiger partial charge in [-0.3, -0.25) is 0 Å².